The summed E-state index contributed by atoms with van der Waals surface area (Å²) in [6.45, 7) is 10.0. The summed E-state index contributed by atoms with van der Waals surface area (Å²) < 4.78 is 4.44. The smallest absolute Gasteiger partial charge is 0.165 e. The van der Waals surface area contributed by atoms with Crippen LogP contribution in [-0.2, 0) is 19.5 Å². The largest absolute Gasteiger partial charge is 0.364 e. The van der Waals surface area contributed by atoms with Crippen molar-refractivity contribution in [2.45, 2.75) is 65.6 Å². The third kappa shape index (κ3) is 3.43. The average molecular weight is 418 g/mol. The SMILES string of the molecule is CCn1c(-c2cnc(C)nc2)nc2c(N[C@@H]3CCc4ncc(C(C)C)n4C3)ncnc21. The van der Waals surface area contributed by atoms with Crippen LogP contribution in [0.1, 0.15) is 50.5 Å². The van der Waals surface area contributed by atoms with Gasteiger partial charge in [0.2, 0.25) is 0 Å². The third-order valence-corrected chi connectivity index (χ3v) is 5.91. The molecule has 1 atom stereocenters. The van der Waals surface area contributed by atoms with Crippen molar-refractivity contribution < 1.29 is 0 Å². The third-order valence-electron chi connectivity index (χ3n) is 5.91. The van der Waals surface area contributed by atoms with Gasteiger partial charge < -0.3 is 14.5 Å². The standard InChI is InChI=1S/C22H27N9/c1-5-30-21(15-8-23-14(4)24-9-15)29-19-20(26-12-27-22(19)30)28-16-6-7-18-25-10-17(13(2)3)31(18)11-16/h8-10,12-13,16H,5-7,11H2,1-4H3,(H,26,27,28)/t16-/m1/s1. The molecule has 9 nitrogen and oxygen atoms in total. The molecule has 5 heterocycles. The molecule has 0 amide bonds. The van der Waals surface area contributed by atoms with Crippen LogP contribution in [0.15, 0.2) is 24.9 Å². The molecule has 0 bridgehead atoms. The predicted octanol–water partition coefficient (Wildman–Crippen LogP) is 3.36. The lowest BCUT2D eigenvalue weighted by Crippen LogP contribution is -2.32. The van der Waals surface area contributed by atoms with Crippen LogP contribution >= 0.6 is 0 Å². The summed E-state index contributed by atoms with van der Waals surface area (Å²) in [7, 11) is 0. The summed E-state index contributed by atoms with van der Waals surface area (Å²) in [5.74, 6) is 3.94. The molecular weight excluding hydrogens is 390 g/mol. The topological polar surface area (TPSA) is 99.2 Å². The molecule has 0 unspecified atom stereocenters. The normalized spacial score (nSPS) is 16.1. The molecular formula is C22H27N9. The van der Waals surface area contributed by atoms with Crippen molar-refractivity contribution in [1.29, 1.82) is 0 Å². The molecule has 5 rings (SSSR count). The molecule has 4 aromatic heterocycles. The molecule has 0 spiro atoms. The Morgan fingerprint density at radius 3 is 2.65 bits per heavy atom. The summed E-state index contributed by atoms with van der Waals surface area (Å²) in [6.07, 6.45) is 9.21. The van der Waals surface area contributed by atoms with E-state index in [1.807, 2.05) is 25.5 Å². The molecule has 0 saturated carbocycles. The lowest BCUT2D eigenvalue weighted by molar-refractivity contribution is 0.460. The monoisotopic (exact) mass is 417 g/mol. The van der Waals surface area contributed by atoms with Crippen LogP contribution in [0.4, 0.5) is 5.82 Å². The Morgan fingerprint density at radius 2 is 1.90 bits per heavy atom. The number of hydrogen-bond acceptors (Lipinski definition) is 7. The maximum Gasteiger partial charge on any atom is 0.165 e. The summed E-state index contributed by atoms with van der Waals surface area (Å²) in [5.41, 5.74) is 3.75. The molecule has 0 aliphatic carbocycles. The molecule has 1 aliphatic heterocycles. The number of anilines is 1. The van der Waals surface area contributed by atoms with Crippen LogP contribution in [0.5, 0.6) is 0 Å². The van der Waals surface area contributed by atoms with E-state index in [9.17, 15) is 0 Å². The molecule has 1 N–H and O–H groups in total. The maximum absolute atomic E-state index is 4.91. The van der Waals surface area contributed by atoms with Crippen molar-refractivity contribution in [3.63, 3.8) is 0 Å². The van der Waals surface area contributed by atoms with Gasteiger partial charge in [-0.25, -0.2) is 29.9 Å². The summed E-state index contributed by atoms with van der Waals surface area (Å²) in [5, 5.41) is 3.64. The van der Waals surface area contributed by atoms with E-state index in [0.717, 1.165) is 60.1 Å². The van der Waals surface area contributed by atoms with Gasteiger partial charge in [-0.1, -0.05) is 13.8 Å². The van der Waals surface area contributed by atoms with E-state index in [2.05, 4.69) is 60.1 Å². The molecule has 9 heteroatoms. The Labute approximate surface area is 181 Å². The van der Waals surface area contributed by atoms with Gasteiger partial charge in [0.05, 0.1) is 5.56 Å². The number of imidazole rings is 2. The van der Waals surface area contributed by atoms with Crippen molar-refractivity contribution in [1.82, 2.24) is 39.0 Å². The first-order valence-corrected chi connectivity index (χ1v) is 10.9. The fourth-order valence-electron chi connectivity index (χ4n) is 4.30. The highest BCUT2D eigenvalue weighted by Gasteiger charge is 2.24. The van der Waals surface area contributed by atoms with Crippen molar-refractivity contribution in [3.05, 3.63) is 42.3 Å². The molecule has 0 aromatic carbocycles. The highest BCUT2D eigenvalue weighted by atomic mass is 15.2. The quantitative estimate of drug-likeness (QED) is 0.531. The zero-order chi connectivity index (χ0) is 21.5. The Kier molecular flexibility index (Phi) is 4.88. The van der Waals surface area contributed by atoms with Crippen molar-refractivity contribution in [2.75, 3.05) is 5.32 Å². The average Bonchev–Trinajstić information content (AvgIpc) is 3.36. The second-order valence-electron chi connectivity index (χ2n) is 8.34. The number of aromatic nitrogens is 8. The minimum atomic E-state index is 0.259. The first kappa shape index (κ1) is 19.6. The summed E-state index contributed by atoms with van der Waals surface area (Å²) in [4.78, 5) is 27.3. The number of fused-ring (bicyclic) bond motifs is 2. The van der Waals surface area contributed by atoms with Crippen LogP contribution in [0, 0.1) is 6.92 Å². The van der Waals surface area contributed by atoms with Gasteiger partial charge in [-0.05, 0) is 26.2 Å². The van der Waals surface area contributed by atoms with E-state index in [-0.39, 0.29) is 6.04 Å². The van der Waals surface area contributed by atoms with Gasteiger partial charge in [-0.3, -0.25) is 0 Å². The Hall–Kier alpha value is -3.36. The molecule has 1 aliphatic rings. The minimum absolute atomic E-state index is 0.259. The molecule has 0 fully saturated rings. The molecule has 31 heavy (non-hydrogen) atoms. The Balaban J connectivity index is 1.49. The van der Waals surface area contributed by atoms with E-state index in [1.54, 1.807) is 6.33 Å². The number of aryl methyl sites for hydroxylation is 3. The van der Waals surface area contributed by atoms with Gasteiger partial charge in [-0.2, -0.15) is 0 Å². The van der Waals surface area contributed by atoms with Crippen LogP contribution in [-0.4, -0.2) is 45.1 Å². The number of nitrogens with one attached hydrogen (secondary N) is 1. The number of hydrogen-bond donors (Lipinski definition) is 1. The van der Waals surface area contributed by atoms with Gasteiger partial charge in [0.15, 0.2) is 17.0 Å². The first-order valence-electron chi connectivity index (χ1n) is 10.9. The van der Waals surface area contributed by atoms with Gasteiger partial charge in [0.25, 0.3) is 0 Å². The van der Waals surface area contributed by atoms with Crippen LogP contribution in [0.2, 0.25) is 0 Å². The van der Waals surface area contributed by atoms with Gasteiger partial charge in [0, 0.05) is 49.8 Å². The van der Waals surface area contributed by atoms with E-state index >= 15 is 0 Å². The summed E-state index contributed by atoms with van der Waals surface area (Å²) in [6, 6.07) is 0.259. The van der Waals surface area contributed by atoms with Crippen molar-refractivity contribution in [2.24, 2.45) is 0 Å². The first-order chi connectivity index (χ1) is 15.0. The van der Waals surface area contributed by atoms with E-state index in [4.69, 9.17) is 4.98 Å². The Morgan fingerprint density at radius 1 is 1.10 bits per heavy atom. The van der Waals surface area contributed by atoms with Crippen molar-refractivity contribution >= 4 is 17.0 Å². The van der Waals surface area contributed by atoms with Crippen LogP contribution < -0.4 is 5.32 Å². The predicted molar refractivity (Wildman–Crippen MR) is 119 cm³/mol. The molecule has 4 aromatic rings. The maximum atomic E-state index is 4.91. The second kappa shape index (κ2) is 7.72. The van der Waals surface area contributed by atoms with Crippen molar-refractivity contribution in [3.8, 4) is 11.4 Å². The zero-order valence-corrected chi connectivity index (χ0v) is 18.4. The highest BCUT2D eigenvalue weighted by Crippen LogP contribution is 2.28. The molecule has 0 saturated heterocycles. The van der Waals surface area contributed by atoms with Gasteiger partial charge >= 0.3 is 0 Å². The lowest BCUT2D eigenvalue weighted by Gasteiger charge is -2.27. The van der Waals surface area contributed by atoms with E-state index in [0.29, 0.717) is 5.92 Å². The minimum Gasteiger partial charge on any atom is -0.364 e. The molecule has 0 radical (unpaired) electrons. The van der Waals surface area contributed by atoms with Gasteiger partial charge in [-0.15, -0.1) is 0 Å². The summed E-state index contributed by atoms with van der Waals surface area (Å²) >= 11 is 0. The molecule has 160 valence electrons. The number of rotatable bonds is 5. The number of nitrogens with zero attached hydrogens (tertiary/aromatic N) is 8. The van der Waals surface area contributed by atoms with Gasteiger partial charge in [0.1, 0.15) is 23.8 Å². The van der Waals surface area contributed by atoms with E-state index in [1.165, 1.54) is 11.5 Å². The highest BCUT2D eigenvalue weighted by molar-refractivity contribution is 5.86. The van der Waals surface area contributed by atoms with Crippen LogP contribution in [0.3, 0.4) is 0 Å². The second-order valence-corrected chi connectivity index (χ2v) is 8.34. The van der Waals surface area contributed by atoms with E-state index < -0.39 is 0 Å². The lowest BCUT2D eigenvalue weighted by atomic mass is 10.1. The fraction of sp³-hybridized carbons (Fsp3) is 0.455. The fourth-order valence-corrected chi connectivity index (χ4v) is 4.30. The van der Waals surface area contributed by atoms with Crippen LogP contribution in [0.25, 0.3) is 22.6 Å². The zero-order valence-electron chi connectivity index (χ0n) is 18.4. The Bertz CT molecular complexity index is 1220.